The van der Waals surface area contributed by atoms with Crippen LogP contribution in [-0.4, -0.2) is 65.9 Å². The number of amides is 2. The third-order valence-corrected chi connectivity index (χ3v) is 5.23. The number of Topliss-reactive ketones (excluding diaryl/α,β-unsaturated/α-hetero) is 1. The number of pyridine rings is 1. The van der Waals surface area contributed by atoms with Gasteiger partial charge in [-0.05, 0) is 57.1 Å². The van der Waals surface area contributed by atoms with Gasteiger partial charge in [0.2, 0.25) is 0 Å². The van der Waals surface area contributed by atoms with Crippen LogP contribution < -0.4 is 5.32 Å². The Morgan fingerprint density at radius 2 is 1.88 bits per heavy atom. The predicted molar refractivity (Wildman–Crippen MR) is 101 cm³/mol. The average Bonchev–Trinajstić information content (AvgIpc) is 2.65. The molecule has 1 saturated heterocycles. The summed E-state index contributed by atoms with van der Waals surface area (Å²) in [6.07, 6.45) is 6.61. The maximum atomic E-state index is 12.2. The number of ketones is 1. The monoisotopic (exact) mass is 358 g/mol. The van der Waals surface area contributed by atoms with Crippen LogP contribution in [0.1, 0.15) is 43.1 Å². The molecule has 142 valence electrons. The van der Waals surface area contributed by atoms with Crippen LogP contribution >= 0.6 is 0 Å². The van der Waals surface area contributed by atoms with E-state index in [1.54, 1.807) is 6.92 Å². The van der Waals surface area contributed by atoms with Crippen molar-refractivity contribution >= 4 is 11.8 Å². The molecule has 6 heteroatoms. The molecule has 0 bridgehead atoms. The number of nitrogens with zero attached hydrogens (tertiary/aromatic N) is 3. The molecule has 3 rings (SSSR count). The Labute approximate surface area is 156 Å². The van der Waals surface area contributed by atoms with Gasteiger partial charge in [0.05, 0.1) is 6.54 Å². The summed E-state index contributed by atoms with van der Waals surface area (Å²) in [6, 6.07) is 4.38. The molecule has 0 spiro atoms. The summed E-state index contributed by atoms with van der Waals surface area (Å²) >= 11 is 0. The van der Waals surface area contributed by atoms with Crippen molar-refractivity contribution in [2.45, 2.75) is 45.4 Å². The van der Waals surface area contributed by atoms with Crippen molar-refractivity contribution in [2.24, 2.45) is 0 Å². The first-order chi connectivity index (χ1) is 12.6. The Morgan fingerprint density at radius 3 is 2.65 bits per heavy atom. The van der Waals surface area contributed by atoms with Crippen LogP contribution in [-0.2, 0) is 24.1 Å². The number of aryl methyl sites for hydroxylation is 3. The van der Waals surface area contributed by atoms with Crippen molar-refractivity contribution in [3.05, 3.63) is 29.1 Å². The minimum atomic E-state index is 0.00544. The normalized spacial score (nSPS) is 17.7. The van der Waals surface area contributed by atoms with E-state index in [1.807, 2.05) is 4.90 Å². The number of carbonyl (C=O) groups excluding carboxylic acids is 2. The number of piperazine rings is 1. The largest absolute Gasteiger partial charge is 0.338 e. The molecule has 26 heavy (non-hydrogen) atoms. The number of hydrogen-bond donors (Lipinski definition) is 1. The van der Waals surface area contributed by atoms with Crippen LogP contribution in [0.3, 0.4) is 0 Å². The topological polar surface area (TPSA) is 65.5 Å². The lowest BCUT2D eigenvalue weighted by Gasteiger charge is -2.34. The molecule has 1 N–H and O–H groups in total. The zero-order chi connectivity index (χ0) is 18.4. The first kappa shape index (κ1) is 18.8. The highest BCUT2D eigenvalue weighted by Crippen LogP contribution is 2.19. The van der Waals surface area contributed by atoms with Gasteiger partial charge in [-0.15, -0.1) is 0 Å². The van der Waals surface area contributed by atoms with E-state index in [1.165, 1.54) is 30.5 Å². The van der Waals surface area contributed by atoms with Gasteiger partial charge >= 0.3 is 6.03 Å². The maximum Gasteiger partial charge on any atom is 0.317 e. The summed E-state index contributed by atoms with van der Waals surface area (Å²) in [5.74, 6) is 0.179. The van der Waals surface area contributed by atoms with Crippen molar-refractivity contribution in [3.8, 4) is 0 Å². The number of hydrogen-bond acceptors (Lipinski definition) is 4. The van der Waals surface area contributed by atoms with Gasteiger partial charge in [-0.3, -0.25) is 14.7 Å². The number of aromatic nitrogens is 1. The first-order valence-corrected chi connectivity index (χ1v) is 9.84. The number of nitrogens with one attached hydrogen (secondary N) is 1. The summed E-state index contributed by atoms with van der Waals surface area (Å²) in [5, 5.41) is 3.01. The summed E-state index contributed by atoms with van der Waals surface area (Å²) < 4.78 is 0. The van der Waals surface area contributed by atoms with Gasteiger partial charge < -0.3 is 10.2 Å². The van der Waals surface area contributed by atoms with Crippen LogP contribution in [0.25, 0.3) is 0 Å². The predicted octanol–water partition coefficient (Wildman–Crippen LogP) is 1.81. The second-order valence-electron chi connectivity index (χ2n) is 7.42. The van der Waals surface area contributed by atoms with E-state index < -0.39 is 0 Å². The van der Waals surface area contributed by atoms with Gasteiger partial charge in [0.25, 0.3) is 0 Å². The summed E-state index contributed by atoms with van der Waals surface area (Å²) in [5.41, 5.74) is 3.83. The molecule has 0 aromatic carbocycles. The average molecular weight is 358 g/mol. The minimum Gasteiger partial charge on any atom is -0.338 e. The van der Waals surface area contributed by atoms with E-state index in [-0.39, 0.29) is 11.8 Å². The molecule has 1 aliphatic carbocycles. The van der Waals surface area contributed by atoms with Gasteiger partial charge in [0.1, 0.15) is 5.78 Å². The number of rotatable bonds is 6. The summed E-state index contributed by atoms with van der Waals surface area (Å²) in [7, 11) is 0. The summed E-state index contributed by atoms with van der Waals surface area (Å²) in [6.45, 7) is 5.68. The molecule has 1 aliphatic heterocycles. The first-order valence-electron chi connectivity index (χ1n) is 9.84. The quantitative estimate of drug-likeness (QED) is 0.788. The Morgan fingerprint density at radius 1 is 1.12 bits per heavy atom. The number of carbonyl (C=O) groups is 2. The van der Waals surface area contributed by atoms with Gasteiger partial charge in [0.15, 0.2) is 0 Å². The van der Waals surface area contributed by atoms with Gasteiger partial charge in [-0.1, -0.05) is 6.07 Å². The standard InChI is InChI=1S/C20H30N4O2/c1-16(25)15-23-11-13-24(14-12-23)20(26)21-10-4-6-18-9-8-17-5-2-3-7-19(17)22-18/h8-9H,2-7,10-15H2,1H3,(H,21,26). The van der Waals surface area contributed by atoms with E-state index >= 15 is 0 Å². The highest BCUT2D eigenvalue weighted by atomic mass is 16.2. The molecule has 0 radical (unpaired) electrons. The number of fused-ring (bicyclic) bond motifs is 1. The third-order valence-electron chi connectivity index (χ3n) is 5.23. The summed E-state index contributed by atoms with van der Waals surface area (Å²) in [4.78, 5) is 32.1. The lowest BCUT2D eigenvalue weighted by atomic mass is 9.95. The molecular formula is C20H30N4O2. The van der Waals surface area contributed by atoms with E-state index in [0.29, 0.717) is 26.2 Å². The molecular weight excluding hydrogens is 328 g/mol. The molecule has 1 aromatic rings. The molecule has 2 heterocycles. The number of urea groups is 1. The zero-order valence-corrected chi connectivity index (χ0v) is 15.8. The van der Waals surface area contributed by atoms with Gasteiger partial charge in [-0.2, -0.15) is 0 Å². The molecule has 1 fully saturated rings. The lowest BCUT2D eigenvalue weighted by Crippen LogP contribution is -2.52. The fourth-order valence-electron chi connectivity index (χ4n) is 3.77. The van der Waals surface area contributed by atoms with E-state index in [9.17, 15) is 9.59 Å². The second-order valence-corrected chi connectivity index (χ2v) is 7.42. The second kappa shape index (κ2) is 9.12. The highest BCUT2D eigenvalue weighted by Gasteiger charge is 2.21. The molecule has 6 nitrogen and oxygen atoms in total. The van der Waals surface area contributed by atoms with Crippen LogP contribution in [0.5, 0.6) is 0 Å². The molecule has 2 amide bonds. The van der Waals surface area contributed by atoms with E-state index in [0.717, 1.165) is 38.0 Å². The van der Waals surface area contributed by atoms with Crippen molar-refractivity contribution in [1.29, 1.82) is 0 Å². The third kappa shape index (κ3) is 5.27. The van der Waals surface area contributed by atoms with Crippen LogP contribution in [0.2, 0.25) is 0 Å². The van der Waals surface area contributed by atoms with E-state index in [4.69, 9.17) is 4.98 Å². The molecule has 0 atom stereocenters. The van der Waals surface area contributed by atoms with Crippen LogP contribution in [0, 0.1) is 0 Å². The SMILES string of the molecule is CC(=O)CN1CCN(C(=O)NCCCc2ccc3c(n2)CCCC3)CC1. The Hall–Kier alpha value is -1.95. The Balaban J connectivity index is 1.35. The van der Waals surface area contributed by atoms with Crippen molar-refractivity contribution < 1.29 is 9.59 Å². The van der Waals surface area contributed by atoms with E-state index in [2.05, 4.69) is 22.3 Å². The Bertz CT molecular complexity index is 639. The highest BCUT2D eigenvalue weighted by molar-refractivity contribution is 5.77. The lowest BCUT2D eigenvalue weighted by molar-refractivity contribution is -0.118. The minimum absolute atomic E-state index is 0.00544. The molecule has 0 unspecified atom stereocenters. The maximum absolute atomic E-state index is 12.2. The van der Waals surface area contributed by atoms with Crippen LogP contribution in [0.15, 0.2) is 12.1 Å². The van der Waals surface area contributed by atoms with Gasteiger partial charge in [0, 0.05) is 44.1 Å². The van der Waals surface area contributed by atoms with Crippen LogP contribution in [0.4, 0.5) is 4.79 Å². The van der Waals surface area contributed by atoms with Crippen molar-refractivity contribution in [3.63, 3.8) is 0 Å². The molecule has 2 aliphatic rings. The molecule has 1 aromatic heterocycles. The fourth-order valence-corrected chi connectivity index (χ4v) is 3.77. The smallest absolute Gasteiger partial charge is 0.317 e. The van der Waals surface area contributed by atoms with Gasteiger partial charge in [-0.25, -0.2) is 4.79 Å². The van der Waals surface area contributed by atoms with Crippen molar-refractivity contribution in [2.75, 3.05) is 39.3 Å². The molecule has 0 saturated carbocycles. The zero-order valence-electron chi connectivity index (χ0n) is 15.8. The van der Waals surface area contributed by atoms with Crippen molar-refractivity contribution in [1.82, 2.24) is 20.1 Å². The fraction of sp³-hybridized carbons (Fsp3) is 0.650. The Kier molecular flexibility index (Phi) is 6.61.